The van der Waals surface area contributed by atoms with Crippen molar-refractivity contribution in [3.63, 3.8) is 0 Å². The number of anilines is 1. The highest BCUT2D eigenvalue weighted by atomic mass is 32.1. The number of hydrogen-bond donors (Lipinski definition) is 1. The lowest BCUT2D eigenvalue weighted by Crippen LogP contribution is -2.40. The normalized spacial score (nSPS) is 14.7. The van der Waals surface area contributed by atoms with E-state index >= 15 is 0 Å². The fourth-order valence-corrected chi connectivity index (χ4v) is 5.54. The number of carbonyl (C=O) groups excluding carboxylic acids is 2. The van der Waals surface area contributed by atoms with E-state index in [2.05, 4.69) is 10.3 Å². The van der Waals surface area contributed by atoms with Gasteiger partial charge in [0.2, 0.25) is 0 Å². The molecule has 0 spiro atoms. The minimum Gasteiger partial charge on any atom is -0.481 e. The van der Waals surface area contributed by atoms with E-state index in [1.165, 1.54) is 16.7 Å². The molecular weight excluding hydrogens is 545 g/mol. The van der Waals surface area contributed by atoms with Crippen molar-refractivity contribution in [2.24, 2.45) is 4.99 Å². The van der Waals surface area contributed by atoms with Gasteiger partial charge in [-0.25, -0.2) is 14.2 Å². The maximum atomic E-state index is 13.9. The first-order valence-electron chi connectivity index (χ1n) is 12.9. The average molecular weight is 572 g/mol. The van der Waals surface area contributed by atoms with Crippen LogP contribution in [0.5, 0.6) is 5.75 Å². The molecule has 0 fully saturated rings. The predicted octanol–water partition coefficient (Wildman–Crippen LogP) is 3.95. The molecule has 10 heteroatoms. The van der Waals surface area contributed by atoms with Gasteiger partial charge in [0.1, 0.15) is 11.6 Å². The van der Waals surface area contributed by atoms with Crippen LogP contribution in [-0.2, 0) is 14.3 Å². The first-order chi connectivity index (χ1) is 19.9. The van der Waals surface area contributed by atoms with E-state index in [0.717, 1.165) is 11.3 Å². The zero-order valence-corrected chi connectivity index (χ0v) is 23.1. The van der Waals surface area contributed by atoms with Gasteiger partial charge in [-0.15, -0.1) is 0 Å². The Balaban J connectivity index is 1.60. The molecule has 8 nitrogen and oxygen atoms in total. The van der Waals surface area contributed by atoms with Gasteiger partial charge >= 0.3 is 5.97 Å². The Morgan fingerprint density at radius 2 is 1.76 bits per heavy atom. The standard InChI is InChI=1S/C31H26FN3O5S/c1-3-39-26(36)18-40-24-12-8-7-9-21(24)17-25-30(38)35-28(20-13-15-22(32)16-14-20)27(19(2)33-31(35)41-25)29(37)34-23-10-5-4-6-11-23/h4-17,28H,3,18H2,1-2H3,(H,34,37)/b25-17-/t28-/m1/s1. The highest BCUT2D eigenvalue weighted by molar-refractivity contribution is 7.07. The van der Waals surface area contributed by atoms with Crippen LogP contribution >= 0.6 is 11.3 Å². The summed E-state index contributed by atoms with van der Waals surface area (Å²) in [7, 11) is 0. The van der Waals surface area contributed by atoms with Crippen LogP contribution in [-0.4, -0.2) is 29.7 Å². The number of hydrogen-bond acceptors (Lipinski definition) is 7. The Kier molecular flexibility index (Phi) is 8.21. The molecule has 0 saturated heterocycles. The van der Waals surface area contributed by atoms with Crippen molar-refractivity contribution in [3.05, 3.63) is 127 Å². The van der Waals surface area contributed by atoms with Crippen LogP contribution in [0.4, 0.5) is 10.1 Å². The molecule has 1 amide bonds. The Bertz CT molecular complexity index is 1810. The fraction of sp³-hybridized carbons (Fsp3) is 0.161. The summed E-state index contributed by atoms with van der Waals surface area (Å²) in [6.45, 7) is 3.39. The largest absolute Gasteiger partial charge is 0.481 e. The lowest BCUT2D eigenvalue weighted by atomic mass is 9.95. The summed E-state index contributed by atoms with van der Waals surface area (Å²) in [4.78, 5) is 44.3. The van der Waals surface area contributed by atoms with Crippen LogP contribution in [0.2, 0.25) is 0 Å². The molecule has 1 aliphatic rings. The van der Waals surface area contributed by atoms with Crippen LogP contribution < -0.4 is 24.9 Å². The third-order valence-electron chi connectivity index (χ3n) is 6.34. The summed E-state index contributed by atoms with van der Waals surface area (Å²) >= 11 is 1.16. The fourth-order valence-electron chi connectivity index (χ4n) is 4.50. The molecule has 0 unspecified atom stereocenters. The molecule has 0 radical (unpaired) electrons. The number of para-hydroxylation sites is 2. The van der Waals surface area contributed by atoms with Crippen LogP contribution in [0.25, 0.3) is 6.08 Å². The van der Waals surface area contributed by atoms with E-state index in [0.29, 0.717) is 37.6 Å². The lowest BCUT2D eigenvalue weighted by molar-refractivity contribution is -0.145. The number of benzene rings is 3. The van der Waals surface area contributed by atoms with Crippen LogP contribution in [0.1, 0.15) is 31.0 Å². The third-order valence-corrected chi connectivity index (χ3v) is 7.32. The number of halogens is 1. The van der Waals surface area contributed by atoms with E-state index < -0.39 is 23.7 Å². The molecule has 0 bridgehead atoms. The summed E-state index contributed by atoms with van der Waals surface area (Å²) in [5.41, 5.74) is 2.08. The smallest absolute Gasteiger partial charge is 0.344 e. The van der Waals surface area contributed by atoms with Crippen LogP contribution in [0.15, 0.2) is 99.9 Å². The molecule has 0 saturated carbocycles. The van der Waals surface area contributed by atoms with Crippen molar-refractivity contribution < 1.29 is 23.5 Å². The van der Waals surface area contributed by atoms with Gasteiger partial charge in [-0.2, -0.15) is 0 Å². The highest BCUT2D eigenvalue weighted by Gasteiger charge is 2.32. The number of thiazole rings is 1. The number of nitrogens with zero attached hydrogens (tertiary/aromatic N) is 2. The van der Waals surface area contributed by atoms with Crippen LogP contribution in [0.3, 0.4) is 0 Å². The zero-order valence-electron chi connectivity index (χ0n) is 22.3. The first kappa shape index (κ1) is 27.7. The van der Waals surface area contributed by atoms with Crippen molar-refractivity contribution >= 4 is 35.0 Å². The van der Waals surface area contributed by atoms with Gasteiger partial charge in [0.25, 0.3) is 11.5 Å². The maximum Gasteiger partial charge on any atom is 0.344 e. The number of aromatic nitrogens is 1. The van der Waals surface area contributed by atoms with Gasteiger partial charge in [-0.05, 0) is 55.8 Å². The number of nitrogens with one attached hydrogen (secondary N) is 1. The number of allylic oxidation sites excluding steroid dienone is 1. The predicted molar refractivity (Wildman–Crippen MR) is 154 cm³/mol. The summed E-state index contributed by atoms with van der Waals surface area (Å²) in [6, 6.07) is 20.8. The number of rotatable bonds is 8. The Labute approximate surface area is 238 Å². The minimum atomic E-state index is -0.840. The second-order valence-corrected chi connectivity index (χ2v) is 10.1. The number of fused-ring (bicyclic) bond motifs is 1. The van der Waals surface area contributed by atoms with Crippen LogP contribution in [0, 0.1) is 5.82 Å². The number of carbonyl (C=O) groups is 2. The molecular formula is C31H26FN3O5S. The Hall–Kier alpha value is -4.83. The summed E-state index contributed by atoms with van der Waals surface area (Å²) in [6.07, 6.45) is 1.66. The molecule has 0 aliphatic carbocycles. The molecule has 1 aromatic heterocycles. The molecule has 1 aliphatic heterocycles. The number of esters is 1. The van der Waals surface area contributed by atoms with Gasteiger partial charge in [0.05, 0.1) is 28.5 Å². The SMILES string of the molecule is CCOC(=O)COc1ccccc1/C=c1\sc2n(c1=O)[C@H](c1ccc(F)cc1)C(C(=O)Nc1ccccc1)=C(C)N=2. The van der Waals surface area contributed by atoms with Gasteiger partial charge in [-0.1, -0.05) is 59.9 Å². The quantitative estimate of drug-likeness (QED) is 0.323. The summed E-state index contributed by atoms with van der Waals surface area (Å²) in [5.74, 6) is -0.950. The minimum absolute atomic E-state index is 0.241. The number of ether oxygens (including phenoxy) is 2. The second-order valence-electron chi connectivity index (χ2n) is 9.09. The first-order valence-corrected chi connectivity index (χ1v) is 13.7. The molecule has 5 rings (SSSR count). The molecule has 3 aromatic carbocycles. The Morgan fingerprint density at radius 1 is 1.05 bits per heavy atom. The molecule has 41 heavy (non-hydrogen) atoms. The molecule has 208 valence electrons. The van der Waals surface area contributed by atoms with Crippen molar-refractivity contribution in [1.29, 1.82) is 0 Å². The van der Waals surface area contributed by atoms with Crippen molar-refractivity contribution in [1.82, 2.24) is 4.57 Å². The number of amides is 1. The van der Waals surface area contributed by atoms with Gasteiger partial charge in [0, 0.05) is 11.3 Å². The van der Waals surface area contributed by atoms with Gasteiger partial charge < -0.3 is 14.8 Å². The van der Waals surface area contributed by atoms with E-state index in [1.54, 1.807) is 80.6 Å². The maximum absolute atomic E-state index is 13.9. The summed E-state index contributed by atoms with van der Waals surface area (Å²) in [5, 5.41) is 2.88. The van der Waals surface area contributed by atoms with Crippen molar-refractivity contribution in [2.45, 2.75) is 19.9 Å². The third kappa shape index (κ3) is 6.02. The lowest BCUT2D eigenvalue weighted by Gasteiger charge is -2.25. The highest BCUT2D eigenvalue weighted by Crippen LogP contribution is 2.31. The summed E-state index contributed by atoms with van der Waals surface area (Å²) < 4.78 is 26.3. The molecule has 1 atom stereocenters. The molecule has 1 N–H and O–H groups in total. The van der Waals surface area contributed by atoms with E-state index in [9.17, 15) is 18.8 Å². The van der Waals surface area contributed by atoms with Crippen molar-refractivity contribution in [3.8, 4) is 5.75 Å². The van der Waals surface area contributed by atoms with Gasteiger partial charge in [0.15, 0.2) is 11.4 Å². The zero-order chi connectivity index (χ0) is 28.9. The van der Waals surface area contributed by atoms with E-state index in [4.69, 9.17) is 9.47 Å². The Morgan fingerprint density at radius 3 is 2.49 bits per heavy atom. The van der Waals surface area contributed by atoms with Crippen molar-refractivity contribution in [2.75, 3.05) is 18.5 Å². The monoisotopic (exact) mass is 571 g/mol. The molecule has 4 aromatic rings. The second kappa shape index (κ2) is 12.1. The molecule has 2 heterocycles. The topological polar surface area (TPSA) is 99.0 Å². The van der Waals surface area contributed by atoms with E-state index in [-0.39, 0.29) is 24.3 Å². The van der Waals surface area contributed by atoms with E-state index in [1.807, 2.05) is 6.07 Å². The average Bonchev–Trinajstić information content (AvgIpc) is 3.27. The van der Waals surface area contributed by atoms with Gasteiger partial charge in [-0.3, -0.25) is 14.2 Å².